The summed E-state index contributed by atoms with van der Waals surface area (Å²) in [6.45, 7) is 8.50. The van der Waals surface area contributed by atoms with E-state index in [0.717, 1.165) is 0 Å². The third-order valence-electron chi connectivity index (χ3n) is 0. The minimum absolute atomic E-state index is 0. The predicted molar refractivity (Wildman–Crippen MR) is 57.8 cm³/mol. The predicted octanol–water partition coefficient (Wildman–Crippen LogP) is 2.22. The monoisotopic (exact) mass is 238 g/mol. The molecule has 0 saturated heterocycles. The van der Waals surface area contributed by atoms with Crippen LogP contribution in [0.3, 0.4) is 0 Å². The first-order valence-electron chi connectivity index (χ1n) is 2.83. The molecular weight excluding hydrogens is 216 g/mol. The van der Waals surface area contributed by atoms with Crippen LogP contribution in [0.5, 0.6) is 0 Å². The summed E-state index contributed by atoms with van der Waals surface area (Å²) in [4.78, 5) is 0. The van der Waals surface area contributed by atoms with Crippen molar-refractivity contribution in [3.05, 3.63) is 0 Å². The molecule has 64 valence electrons. The zero-order chi connectivity index (χ0) is 5.41. The average Bonchev–Trinajstić information content (AvgIpc) is 1.39. The van der Waals surface area contributed by atoms with Crippen LogP contribution in [0.1, 0.15) is 40.5 Å². The van der Waals surface area contributed by atoms with Gasteiger partial charge in [0.2, 0.25) is 0 Å². The summed E-state index contributed by atoms with van der Waals surface area (Å²) >= 11 is 0. The maximum absolute atomic E-state index is 2.12. The summed E-state index contributed by atoms with van der Waals surface area (Å²) in [7, 11) is 0. The van der Waals surface area contributed by atoms with Gasteiger partial charge in [-0.15, -0.1) is 24.8 Å². The molecule has 0 aliphatic carbocycles. The number of rotatable bonds is 0. The van der Waals surface area contributed by atoms with E-state index in [1.165, 1.54) is 12.8 Å². The van der Waals surface area contributed by atoms with E-state index in [9.17, 15) is 0 Å². The van der Waals surface area contributed by atoms with E-state index in [4.69, 9.17) is 0 Å². The summed E-state index contributed by atoms with van der Waals surface area (Å²) in [5.74, 6) is 0. The van der Waals surface area contributed by atoms with Crippen LogP contribution in [-0.4, -0.2) is 17.6 Å². The molecule has 0 rings (SSSR count). The molecule has 9 heavy (non-hydrogen) atoms. The van der Waals surface area contributed by atoms with Crippen LogP contribution in [0.2, 0.25) is 0 Å². The zero-order valence-electron chi connectivity index (χ0n) is 6.23. The Morgan fingerprint density at radius 1 is 0.667 bits per heavy atom. The number of hydrogen-bond donors (Lipinski definition) is 0. The molecule has 0 aliphatic heterocycles. The molecule has 0 bridgehead atoms. The Labute approximate surface area is 83.0 Å². The van der Waals surface area contributed by atoms with Gasteiger partial charge in [0.15, 0.2) is 0 Å². The normalized spacial score (nSPS) is 4.00. The van der Waals surface area contributed by atoms with Crippen molar-refractivity contribution in [3.63, 3.8) is 0 Å². The summed E-state index contributed by atoms with van der Waals surface area (Å²) in [5, 5.41) is 0. The molecule has 0 N–H and O–H groups in total. The standard InChI is InChI=1S/2C3H8.2ClH.GeH4/c2*1-3-2;;;/h2*3H2,1-2H3;2*1H;1H4. The molecular formula is C6H22Cl2Ge. The van der Waals surface area contributed by atoms with Crippen molar-refractivity contribution >= 4 is 42.4 Å². The third-order valence-corrected chi connectivity index (χ3v) is 0. The van der Waals surface area contributed by atoms with Gasteiger partial charge < -0.3 is 0 Å². The first-order chi connectivity index (χ1) is 2.83. The van der Waals surface area contributed by atoms with Crippen molar-refractivity contribution in [2.45, 2.75) is 40.5 Å². The van der Waals surface area contributed by atoms with Crippen molar-refractivity contribution in [2.75, 3.05) is 0 Å². The number of hydrogen-bond acceptors (Lipinski definition) is 0. The SMILES string of the molecule is CCC.CCC.Cl.Cl.[GeH4]. The zero-order valence-corrected chi connectivity index (χ0v) is 7.86. The van der Waals surface area contributed by atoms with Crippen molar-refractivity contribution in [2.24, 2.45) is 0 Å². The van der Waals surface area contributed by atoms with Gasteiger partial charge >= 0.3 is 17.6 Å². The quantitative estimate of drug-likeness (QED) is 0.567. The van der Waals surface area contributed by atoms with Gasteiger partial charge in [0.25, 0.3) is 0 Å². The molecule has 0 aromatic heterocycles. The second-order valence-electron chi connectivity index (χ2n) is 1.41. The van der Waals surface area contributed by atoms with E-state index < -0.39 is 0 Å². The second-order valence-corrected chi connectivity index (χ2v) is 1.41. The number of halogens is 2. The van der Waals surface area contributed by atoms with E-state index in [2.05, 4.69) is 27.7 Å². The Kier molecular flexibility index (Phi) is 220. The Morgan fingerprint density at radius 2 is 0.667 bits per heavy atom. The molecule has 0 aromatic carbocycles. The van der Waals surface area contributed by atoms with Crippen LogP contribution in [0.4, 0.5) is 0 Å². The average molecular weight is 238 g/mol. The van der Waals surface area contributed by atoms with Crippen LogP contribution in [-0.2, 0) is 0 Å². The van der Waals surface area contributed by atoms with E-state index in [-0.39, 0.29) is 42.4 Å². The fourth-order valence-corrected chi connectivity index (χ4v) is 0. The first-order valence-corrected chi connectivity index (χ1v) is 2.83. The summed E-state index contributed by atoms with van der Waals surface area (Å²) in [6, 6.07) is 0. The van der Waals surface area contributed by atoms with Crippen molar-refractivity contribution in [3.8, 4) is 0 Å². The van der Waals surface area contributed by atoms with Crippen molar-refractivity contribution in [1.29, 1.82) is 0 Å². The maximum atomic E-state index is 2.12. The molecule has 0 nitrogen and oxygen atoms in total. The van der Waals surface area contributed by atoms with Crippen molar-refractivity contribution < 1.29 is 0 Å². The molecule has 0 radical (unpaired) electrons. The Bertz CT molecular complexity index is 13.0. The molecule has 0 spiro atoms. The topological polar surface area (TPSA) is 0 Å². The molecule has 0 aromatic rings. The fourth-order valence-electron chi connectivity index (χ4n) is 0. The van der Waals surface area contributed by atoms with E-state index in [0.29, 0.717) is 0 Å². The first kappa shape index (κ1) is 32.1. The van der Waals surface area contributed by atoms with Crippen LogP contribution in [0.15, 0.2) is 0 Å². The summed E-state index contributed by atoms with van der Waals surface area (Å²) in [5.41, 5.74) is 0. The minimum atomic E-state index is 0. The molecule has 0 aliphatic rings. The van der Waals surface area contributed by atoms with E-state index in [1.807, 2.05) is 0 Å². The Morgan fingerprint density at radius 3 is 0.667 bits per heavy atom. The molecule has 0 amide bonds. The molecule has 3 heteroatoms. The van der Waals surface area contributed by atoms with Crippen LogP contribution in [0.25, 0.3) is 0 Å². The second kappa shape index (κ2) is 61.7. The van der Waals surface area contributed by atoms with E-state index in [1.54, 1.807) is 0 Å². The van der Waals surface area contributed by atoms with Gasteiger partial charge in [-0.25, -0.2) is 0 Å². The Balaban J connectivity index is -0.00000000889. The van der Waals surface area contributed by atoms with Gasteiger partial charge in [-0.2, -0.15) is 0 Å². The molecule has 0 heterocycles. The third kappa shape index (κ3) is 367. The van der Waals surface area contributed by atoms with Gasteiger partial charge in [0, 0.05) is 0 Å². The van der Waals surface area contributed by atoms with Crippen LogP contribution >= 0.6 is 24.8 Å². The molecule has 0 saturated carbocycles. The van der Waals surface area contributed by atoms with Gasteiger partial charge in [0.05, 0.1) is 0 Å². The van der Waals surface area contributed by atoms with Gasteiger partial charge in [-0.1, -0.05) is 40.5 Å². The molecule has 0 unspecified atom stereocenters. The molecule has 0 atom stereocenters. The molecule has 0 fully saturated rings. The van der Waals surface area contributed by atoms with Gasteiger partial charge in [-0.3, -0.25) is 0 Å². The fraction of sp³-hybridized carbons (Fsp3) is 1.00. The summed E-state index contributed by atoms with van der Waals surface area (Å²) < 4.78 is 0. The van der Waals surface area contributed by atoms with Crippen LogP contribution < -0.4 is 0 Å². The van der Waals surface area contributed by atoms with Crippen molar-refractivity contribution in [1.82, 2.24) is 0 Å². The van der Waals surface area contributed by atoms with Crippen LogP contribution in [0, 0.1) is 0 Å². The van der Waals surface area contributed by atoms with Gasteiger partial charge in [-0.05, 0) is 0 Å². The van der Waals surface area contributed by atoms with E-state index >= 15 is 0 Å². The van der Waals surface area contributed by atoms with Gasteiger partial charge in [0.1, 0.15) is 0 Å². The Hall–Kier alpha value is 1.12. The summed E-state index contributed by atoms with van der Waals surface area (Å²) in [6.07, 6.45) is 2.50.